The van der Waals surface area contributed by atoms with E-state index in [2.05, 4.69) is 27.0 Å². The molecule has 4 nitrogen and oxygen atoms in total. The van der Waals surface area contributed by atoms with Gasteiger partial charge in [-0.3, -0.25) is 9.78 Å². The van der Waals surface area contributed by atoms with Crippen LogP contribution in [0.25, 0.3) is 10.9 Å². The number of alkyl halides is 3. The van der Waals surface area contributed by atoms with Crippen molar-refractivity contribution in [2.45, 2.75) is 31.5 Å². The highest BCUT2D eigenvalue weighted by Gasteiger charge is 2.31. The van der Waals surface area contributed by atoms with E-state index >= 15 is 0 Å². The lowest BCUT2D eigenvalue weighted by Gasteiger charge is -2.18. The molecule has 5 rings (SSSR count). The molecule has 0 fully saturated rings. The molecule has 0 radical (unpaired) electrons. The van der Waals surface area contributed by atoms with Crippen LogP contribution in [0.3, 0.4) is 0 Å². The van der Waals surface area contributed by atoms with Gasteiger partial charge in [-0.2, -0.15) is 13.2 Å². The molecular formula is C32H28F3N3O. The zero-order valence-electron chi connectivity index (χ0n) is 21.2. The Kier molecular flexibility index (Phi) is 7.77. The molecule has 0 unspecified atom stereocenters. The van der Waals surface area contributed by atoms with Crippen molar-refractivity contribution in [3.8, 4) is 0 Å². The summed E-state index contributed by atoms with van der Waals surface area (Å²) in [5, 5.41) is 3.94. The first-order chi connectivity index (χ1) is 18.9. The van der Waals surface area contributed by atoms with Gasteiger partial charge in [0.15, 0.2) is 0 Å². The van der Waals surface area contributed by atoms with Crippen LogP contribution >= 0.6 is 0 Å². The largest absolute Gasteiger partial charge is 0.416 e. The monoisotopic (exact) mass is 527 g/mol. The van der Waals surface area contributed by atoms with Crippen LogP contribution in [0.5, 0.6) is 0 Å². The predicted molar refractivity (Wildman–Crippen MR) is 146 cm³/mol. The Hall–Kier alpha value is -4.39. The van der Waals surface area contributed by atoms with Gasteiger partial charge in [-0.25, -0.2) is 0 Å². The molecule has 0 aliphatic rings. The number of carbonyl (C=O) groups is 1. The lowest BCUT2D eigenvalue weighted by atomic mass is 9.87. The smallest absolute Gasteiger partial charge is 0.356 e. The molecule has 1 N–H and O–H groups in total. The molecule has 0 aliphatic heterocycles. The summed E-state index contributed by atoms with van der Waals surface area (Å²) < 4.78 is 42.0. The average molecular weight is 528 g/mol. The van der Waals surface area contributed by atoms with Crippen LogP contribution in [0, 0.1) is 0 Å². The number of hydrogen-bond donors (Lipinski definition) is 1. The number of pyridine rings is 1. The van der Waals surface area contributed by atoms with Crippen molar-refractivity contribution in [1.29, 1.82) is 0 Å². The number of fused-ring (bicyclic) bond motifs is 1. The fourth-order valence-corrected chi connectivity index (χ4v) is 4.91. The number of nitrogens with one attached hydrogen (secondary N) is 1. The molecule has 7 heteroatoms. The van der Waals surface area contributed by atoms with Gasteiger partial charge in [0.05, 0.1) is 5.56 Å². The van der Waals surface area contributed by atoms with E-state index in [1.165, 1.54) is 12.1 Å². The SMILES string of the molecule is O=C(C[C@H](c1ccc(C(F)(F)F)cc1)c1cn(Cc2ccccc2)c2ccccc12)NCCc1ccccn1. The molecule has 1 atom stereocenters. The number of aromatic nitrogens is 2. The molecule has 0 bridgehead atoms. The summed E-state index contributed by atoms with van der Waals surface area (Å²) >= 11 is 0. The Morgan fingerprint density at radius 3 is 2.31 bits per heavy atom. The minimum atomic E-state index is -4.43. The third-order valence-corrected chi connectivity index (χ3v) is 6.85. The van der Waals surface area contributed by atoms with Crippen molar-refractivity contribution in [3.05, 3.63) is 137 Å². The fraction of sp³-hybridized carbons (Fsp3) is 0.188. The van der Waals surface area contributed by atoms with Crippen molar-refractivity contribution >= 4 is 16.8 Å². The van der Waals surface area contributed by atoms with Crippen LogP contribution in [0.2, 0.25) is 0 Å². The quantitative estimate of drug-likeness (QED) is 0.225. The van der Waals surface area contributed by atoms with E-state index in [0.29, 0.717) is 25.1 Å². The molecule has 39 heavy (non-hydrogen) atoms. The third kappa shape index (κ3) is 6.37. The highest BCUT2D eigenvalue weighted by molar-refractivity contribution is 5.86. The number of halogens is 3. The minimum absolute atomic E-state index is 0.104. The molecule has 198 valence electrons. The first kappa shape index (κ1) is 26.2. The van der Waals surface area contributed by atoms with Crippen LogP contribution in [0.15, 0.2) is 109 Å². The first-order valence-corrected chi connectivity index (χ1v) is 12.8. The number of carbonyl (C=O) groups excluding carboxylic acids is 1. The highest BCUT2D eigenvalue weighted by atomic mass is 19.4. The zero-order valence-corrected chi connectivity index (χ0v) is 21.2. The summed E-state index contributed by atoms with van der Waals surface area (Å²) in [6, 6.07) is 28.8. The minimum Gasteiger partial charge on any atom is -0.356 e. The maximum absolute atomic E-state index is 13.3. The Labute approximate surface area is 225 Å². The molecule has 2 heterocycles. The van der Waals surface area contributed by atoms with Gasteiger partial charge in [0.1, 0.15) is 0 Å². The van der Waals surface area contributed by atoms with Crippen molar-refractivity contribution in [3.63, 3.8) is 0 Å². The lowest BCUT2D eigenvalue weighted by molar-refractivity contribution is -0.137. The average Bonchev–Trinajstić information content (AvgIpc) is 3.30. The molecule has 0 spiro atoms. The van der Waals surface area contributed by atoms with Gasteiger partial charge in [-0.15, -0.1) is 0 Å². The summed E-state index contributed by atoms with van der Waals surface area (Å²) in [7, 11) is 0. The van der Waals surface area contributed by atoms with E-state index in [0.717, 1.165) is 39.9 Å². The van der Waals surface area contributed by atoms with Gasteiger partial charge in [-0.05, 0) is 47.0 Å². The number of rotatable bonds is 9. The zero-order chi connectivity index (χ0) is 27.2. The Bertz CT molecular complexity index is 1530. The van der Waals surface area contributed by atoms with Crippen molar-refractivity contribution < 1.29 is 18.0 Å². The topological polar surface area (TPSA) is 46.9 Å². The second kappa shape index (κ2) is 11.6. The van der Waals surface area contributed by atoms with E-state index in [4.69, 9.17) is 0 Å². The summed E-state index contributed by atoms with van der Waals surface area (Å²) in [5.41, 5.74) is 3.86. The predicted octanol–water partition coefficient (Wildman–Crippen LogP) is 6.98. The molecule has 2 aromatic heterocycles. The number of benzene rings is 3. The van der Waals surface area contributed by atoms with Gasteiger partial charge in [0.2, 0.25) is 5.91 Å². The molecule has 0 saturated heterocycles. The number of hydrogen-bond acceptors (Lipinski definition) is 2. The Morgan fingerprint density at radius 2 is 1.59 bits per heavy atom. The third-order valence-electron chi connectivity index (χ3n) is 6.85. The van der Waals surface area contributed by atoms with Crippen LogP contribution in [-0.2, 0) is 23.9 Å². The van der Waals surface area contributed by atoms with Crippen molar-refractivity contribution in [2.75, 3.05) is 6.54 Å². The highest BCUT2D eigenvalue weighted by Crippen LogP contribution is 2.37. The fourth-order valence-electron chi connectivity index (χ4n) is 4.91. The van der Waals surface area contributed by atoms with E-state index in [1.54, 1.807) is 6.20 Å². The maximum atomic E-state index is 13.3. The van der Waals surface area contributed by atoms with Crippen LogP contribution < -0.4 is 5.32 Å². The Balaban J connectivity index is 1.46. The van der Waals surface area contributed by atoms with Crippen molar-refractivity contribution in [1.82, 2.24) is 14.9 Å². The van der Waals surface area contributed by atoms with E-state index in [9.17, 15) is 18.0 Å². The maximum Gasteiger partial charge on any atom is 0.416 e. The number of nitrogens with zero attached hydrogens (tertiary/aromatic N) is 2. The summed E-state index contributed by atoms with van der Waals surface area (Å²) in [6.07, 6.45) is 0.00754. The normalized spacial score (nSPS) is 12.4. The standard InChI is InChI=1S/C32H28F3N3O/c33-32(34,35)25-15-13-24(14-16-25)28(20-31(39)37-19-17-26-10-6-7-18-36-26)29-22-38(21-23-8-2-1-3-9-23)30-12-5-4-11-27(29)30/h1-16,18,22,28H,17,19-21H2,(H,37,39)/t28-/m1/s1. The molecule has 5 aromatic rings. The Morgan fingerprint density at radius 1 is 0.872 bits per heavy atom. The van der Waals surface area contributed by atoms with Crippen LogP contribution in [0.4, 0.5) is 13.2 Å². The summed E-state index contributed by atoms with van der Waals surface area (Å²) in [6.45, 7) is 1.06. The van der Waals surface area contributed by atoms with E-state index in [-0.39, 0.29) is 12.3 Å². The van der Waals surface area contributed by atoms with Crippen molar-refractivity contribution in [2.24, 2.45) is 0 Å². The van der Waals surface area contributed by atoms with Gasteiger partial charge in [0, 0.05) is 60.8 Å². The first-order valence-electron chi connectivity index (χ1n) is 12.8. The van der Waals surface area contributed by atoms with Gasteiger partial charge in [-0.1, -0.05) is 66.7 Å². The number of para-hydroxylation sites is 1. The summed E-state index contributed by atoms with van der Waals surface area (Å²) in [5.74, 6) is -0.597. The van der Waals surface area contributed by atoms with E-state index in [1.807, 2.05) is 66.9 Å². The number of amides is 1. The second-order valence-corrected chi connectivity index (χ2v) is 9.51. The van der Waals surface area contributed by atoms with Crippen LogP contribution in [0.1, 0.15) is 40.3 Å². The molecule has 1 amide bonds. The summed E-state index contributed by atoms with van der Waals surface area (Å²) in [4.78, 5) is 17.4. The van der Waals surface area contributed by atoms with Gasteiger partial charge >= 0.3 is 6.18 Å². The van der Waals surface area contributed by atoms with Gasteiger partial charge < -0.3 is 9.88 Å². The van der Waals surface area contributed by atoms with Crippen LogP contribution in [-0.4, -0.2) is 22.0 Å². The lowest BCUT2D eigenvalue weighted by Crippen LogP contribution is -2.27. The molecule has 3 aromatic carbocycles. The second-order valence-electron chi connectivity index (χ2n) is 9.51. The van der Waals surface area contributed by atoms with E-state index < -0.39 is 17.7 Å². The van der Waals surface area contributed by atoms with Gasteiger partial charge in [0.25, 0.3) is 0 Å². The molecular weight excluding hydrogens is 499 g/mol. The molecule has 0 saturated carbocycles. The molecule has 0 aliphatic carbocycles.